The zero-order chi connectivity index (χ0) is 28.4. The third kappa shape index (κ3) is 8.13. The van der Waals surface area contributed by atoms with Crippen LogP contribution in [0.5, 0.6) is 11.5 Å². The zero-order valence-electron chi connectivity index (χ0n) is 22.1. The summed E-state index contributed by atoms with van der Waals surface area (Å²) in [6, 6.07) is 7.70. The molecule has 0 unspecified atom stereocenters. The van der Waals surface area contributed by atoms with E-state index >= 15 is 0 Å². The van der Waals surface area contributed by atoms with Gasteiger partial charge in [0.25, 0.3) is 0 Å². The predicted octanol–water partition coefficient (Wildman–Crippen LogP) is 5.55. The number of anilines is 2. The molecule has 0 bridgehead atoms. The van der Waals surface area contributed by atoms with Crippen molar-refractivity contribution in [1.29, 1.82) is 0 Å². The van der Waals surface area contributed by atoms with Crippen LogP contribution >= 0.6 is 0 Å². The van der Waals surface area contributed by atoms with Crippen molar-refractivity contribution >= 4 is 34.3 Å². The Hall–Kier alpha value is -4.21. The summed E-state index contributed by atoms with van der Waals surface area (Å²) < 4.78 is 6.07. The number of nitrogens with one attached hydrogen (secondary N) is 2. The summed E-state index contributed by atoms with van der Waals surface area (Å²) >= 11 is 0. The van der Waals surface area contributed by atoms with Crippen LogP contribution in [-0.2, 0) is 16.0 Å². The summed E-state index contributed by atoms with van der Waals surface area (Å²) in [5, 5.41) is 44.2. The van der Waals surface area contributed by atoms with Crippen LogP contribution in [0, 0.1) is 0 Å². The summed E-state index contributed by atoms with van der Waals surface area (Å²) in [5.74, 6) is -3.39. The minimum atomic E-state index is -1.19. The average Bonchev–Trinajstić information content (AvgIpc) is 2.88. The number of carboxylic acid groups (broad SMARTS) is 2. The number of phenolic OH excluding ortho intramolecular Hbond substituents is 2. The molecule has 10 heteroatoms. The zero-order valence-corrected chi connectivity index (χ0v) is 22.1. The minimum absolute atomic E-state index is 0.0617. The molecule has 0 spiro atoms. The molecule has 0 aliphatic carbocycles. The Morgan fingerprint density at radius 3 is 1.95 bits per heavy atom. The normalized spacial score (nSPS) is 11.0. The highest BCUT2D eigenvalue weighted by molar-refractivity contribution is 5.89. The lowest BCUT2D eigenvalue weighted by molar-refractivity contribution is -0.135. The van der Waals surface area contributed by atoms with Crippen LogP contribution in [-0.4, -0.2) is 45.5 Å². The van der Waals surface area contributed by atoms with Gasteiger partial charge in [0.15, 0.2) is 5.76 Å². The monoisotopic (exact) mass is 540 g/mol. The van der Waals surface area contributed by atoms with Gasteiger partial charge in [0.2, 0.25) is 5.43 Å². The number of phenols is 2. The van der Waals surface area contributed by atoms with Gasteiger partial charge in [-0.15, -0.1) is 0 Å². The van der Waals surface area contributed by atoms with Gasteiger partial charge in [-0.2, -0.15) is 0 Å². The fraction of sp³-hybridized carbons (Fsp3) is 0.414. The van der Waals surface area contributed by atoms with Crippen molar-refractivity contribution in [2.24, 2.45) is 0 Å². The standard InChI is InChI=1S/C29H36N2O8/c1-2-3-4-5-6-7-8-9-10-18-11-12-20-23(13-18)39-29(27(28(20)38)31-17-25(36)37)19-14-21(32)26(22(33)15-19)30-16-24(34)35/h11-15,30-33H,2-10,16-17H2,1H3,(H,34,35)(H,36,37). The molecular weight excluding hydrogens is 504 g/mol. The molecule has 6 N–H and O–H groups in total. The first-order valence-corrected chi connectivity index (χ1v) is 13.3. The van der Waals surface area contributed by atoms with Gasteiger partial charge in [0, 0.05) is 5.56 Å². The molecule has 1 aromatic heterocycles. The number of aromatic hydroxyl groups is 2. The van der Waals surface area contributed by atoms with E-state index in [0.717, 1.165) is 24.8 Å². The smallest absolute Gasteiger partial charge is 0.322 e. The first kappa shape index (κ1) is 29.3. The van der Waals surface area contributed by atoms with Crippen LogP contribution < -0.4 is 16.1 Å². The maximum Gasteiger partial charge on any atom is 0.322 e. The van der Waals surface area contributed by atoms with Crippen LogP contribution in [0.15, 0.2) is 39.5 Å². The molecule has 0 atom stereocenters. The number of aliphatic carboxylic acids is 2. The summed E-state index contributed by atoms with van der Waals surface area (Å²) in [6.45, 7) is 1.10. The Morgan fingerprint density at radius 1 is 0.795 bits per heavy atom. The fourth-order valence-electron chi connectivity index (χ4n) is 4.47. The molecule has 10 nitrogen and oxygen atoms in total. The molecule has 2 aromatic carbocycles. The highest BCUT2D eigenvalue weighted by atomic mass is 16.4. The Morgan fingerprint density at radius 2 is 1.36 bits per heavy atom. The number of carbonyl (C=O) groups is 2. The summed E-state index contributed by atoms with van der Waals surface area (Å²) in [7, 11) is 0. The molecule has 0 radical (unpaired) electrons. The van der Waals surface area contributed by atoms with Crippen LogP contribution in [0.2, 0.25) is 0 Å². The molecule has 0 saturated heterocycles. The molecule has 210 valence electrons. The number of carboxylic acids is 2. The molecule has 0 fully saturated rings. The lowest BCUT2D eigenvalue weighted by atomic mass is 10.0. The summed E-state index contributed by atoms with van der Waals surface area (Å²) in [4.78, 5) is 35.4. The van der Waals surface area contributed by atoms with Crippen LogP contribution in [0.1, 0.15) is 63.9 Å². The summed E-state index contributed by atoms with van der Waals surface area (Å²) in [6.07, 6.45) is 10.4. The molecule has 1 heterocycles. The Kier molecular flexibility index (Phi) is 10.6. The topological polar surface area (TPSA) is 169 Å². The molecule has 3 rings (SSSR count). The molecule has 3 aromatic rings. The summed E-state index contributed by atoms with van der Waals surface area (Å²) in [5.41, 5.74) is 0.569. The van der Waals surface area contributed by atoms with E-state index < -0.39 is 42.0 Å². The van der Waals surface area contributed by atoms with Gasteiger partial charge in [0.05, 0.1) is 5.39 Å². The van der Waals surface area contributed by atoms with Gasteiger partial charge in [0.1, 0.15) is 41.5 Å². The van der Waals surface area contributed by atoms with E-state index in [1.54, 1.807) is 12.1 Å². The van der Waals surface area contributed by atoms with E-state index in [2.05, 4.69) is 17.6 Å². The first-order valence-electron chi connectivity index (χ1n) is 13.3. The van der Waals surface area contributed by atoms with Crippen LogP contribution in [0.4, 0.5) is 11.4 Å². The van der Waals surface area contributed by atoms with E-state index in [1.807, 2.05) is 6.07 Å². The number of hydrogen-bond acceptors (Lipinski definition) is 8. The second-order valence-electron chi connectivity index (χ2n) is 9.57. The number of fused-ring (bicyclic) bond motifs is 1. The Labute approximate surface area is 226 Å². The average molecular weight is 541 g/mol. The number of rotatable bonds is 16. The molecule has 0 amide bonds. The van der Waals surface area contributed by atoms with Gasteiger partial charge >= 0.3 is 11.9 Å². The van der Waals surface area contributed by atoms with Crippen LogP contribution in [0.3, 0.4) is 0 Å². The highest BCUT2D eigenvalue weighted by Gasteiger charge is 2.20. The predicted molar refractivity (Wildman–Crippen MR) is 150 cm³/mol. The number of unbranched alkanes of at least 4 members (excludes halogenated alkanes) is 7. The Balaban J connectivity index is 1.90. The quantitative estimate of drug-likeness (QED) is 0.100. The Bertz CT molecular complexity index is 1340. The van der Waals surface area contributed by atoms with E-state index in [9.17, 15) is 24.6 Å². The van der Waals surface area contributed by atoms with Crippen molar-refractivity contribution in [3.05, 3.63) is 46.1 Å². The number of benzene rings is 2. The van der Waals surface area contributed by atoms with Gasteiger partial charge in [-0.1, -0.05) is 57.9 Å². The largest absolute Gasteiger partial charge is 0.506 e. The van der Waals surface area contributed by atoms with Crippen molar-refractivity contribution in [1.82, 2.24) is 0 Å². The van der Waals surface area contributed by atoms with E-state index in [-0.39, 0.29) is 28.1 Å². The van der Waals surface area contributed by atoms with Crippen molar-refractivity contribution in [2.75, 3.05) is 23.7 Å². The lowest BCUT2D eigenvalue weighted by Crippen LogP contribution is -2.19. The highest BCUT2D eigenvalue weighted by Crippen LogP contribution is 2.40. The second kappa shape index (κ2) is 14.1. The van der Waals surface area contributed by atoms with Crippen molar-refractivity contribution < 1.29 is 34.4 Å². The fourth-order valence-corrected chi connectivity index (χ4v) is 4.47. The third-order valence-corrected chi connectivity index (χ3v) is 6.47. The lowest BCUT2D eigenvalue weighted by Gasteiger charge is -2.14. The first-order chi connectivity index (χ1) is 18.7. The van der Waals surface area contributed by atoms with Gasteiger partial charge in [-0.3, -0.25) is 14.4 Å². The van der Waals surface area contributed by atoms with Gasteiger partial charge in [-0.25, -0.2) is 0 Å². The van der Waals surface area contributed by atoms with Crippen molar-refractivity contribution in [3.63, 3.8) is 0 Å². The van der Waals surface area contributed by atoms with Crippen molar-refractivity contribution in [2.45, 2.75) is 64.7 Å². The third-order valence-electron chi connectivity index (χ3n) is 6.47. The molecule has 0 aliphatic rings. The van der Waals surface area contributed by atoms with E-state index in [1.165, 1.54) is 50.7 Å². The van der Waals surface area contributed by atoms with Crippen molar-refractivity contribution in [3.8, 4) is 22.8 Å². The van der Waals surface area contributed by atoms with E-state index in [0.29, 0.717) is 5.58 Å². The van der Waals surface area contributed by atoms with E-state index in [4.69, 9.17) is 14.6 Å². The maximum atomic E-state index is 13.3. The molecule has 0 saturated carbocycles. The van der Waals surface area contributed by atoms with Gasteiger partial charge in [-0.05, 0) is 42.7 Å². The number of aryl methyl sites for hydroxylation is 1. The minimum Gasteiger partial charge on any atom is -0.506 e. The second-order valence-corrected chi connectivity index (χ2v) is 9.57. The number of hydrogen-bond donors (Lipinski definition) is 6. The van der Waals surface area contributed by atoms with Gasteiger partial charge < -0.3 is 35.5 Å². The molecule has 0 aliphatic heterocycles. The SMILES string of the molecule is CCCCCCCCCCc1ccc2c(=O)c(NCC(=O)O)c(-c3cc(O)c(NCC(=O)O)c(O)c3)oc2c1. The molecule has 39 heavy (non-hydrogen) atoms. The maximum absolute atomic E-state index is 13.3. The van der Waals surface area contributed by atoms with Crippen LogP contribution in [0.25, 0.3) is 22.3 Å². The molecular formula is C29H36N2O8.